The number of benzene rings is 3. The Kier molecular flexibility index (Phi) is 7.29. The van der Waals surface area contributed by atoms with E-state index in [9.17, 15) is 27.2 Å². The van der Waals surface area contributed by atoms with Crippen LogP contribution in [-0.4, -0.2) is 24.5 Å². The van der Waals surface area contributed by atoms with Gasteiger partial charge in [-0.05, 0) is 46.5 Å². The highest BCUT2D eigenvalue weighted by Crippen LogP contribution is 2.38. The first kappa shape index (κ1) is 24.5. The van der Waals surface area contributed by atoms with E-state index < -0.39 is 39.4 Å². The Balaban J connectivity index is 2.03. The summed E-state index contributed by atoms with van der Waals surface area (Å²) in [6, 6.07) is 11.4. The van der Waals surface area contributed by atoms with Crippen LogP contribution in [-0.2, 0) is 11.2 Å². The standard InChI is InChI=1S/C23H16Cl2F4N2O2/c24-18-9-13(10-19(25)21(18)26)17(23(27,28)29)8-6-12-5-7-16(22(33)31-11-20(30)32)15-4-2-1-3-14(12)15/h1-5,7-10H,6,11H2,(H2,30,32)(H,31,33)/b17-8-. The van der Waals surface area contributed by atoms with Gasteiger partial charge in [0.05, 0.1) is 22.2 Å². The normalized spacial score (nSPS) is 12.1. The van der Waals surface area contributed by atoms with Crippen LogP contribution in [0.2, 0.25) is 10.0 Å². The van der Waals surface area contributed by atoms with E-state index >= 15 is 0 Å². The van der Waals surface area contributed by atoms with Gasteiger partial charge < -0.3 is 11.1 Å². The van der Waals surface area contributed by atoms with Crippen LogP contribution < -0.4 is 11.1 Å². The summed E-state index contributed by atoms with van der Waals surface area (Å²) < 4.78 is 55.0. The molecule has 10 heteroatoms. The summed E-state index contributed by atoms with van der Waals surface area (Å²) in [5.74, 6) is -2.26. The molecule has 0 saturated carbocycles. The molecule has 172 valence electrons. The average molecular weight is 499 g/mol. The van der Waals surface area contributed by atoms with E-state index in [4.69, 9.17) is 28.9 Å². The summed E-state index contributed by atoms with van der Waals surface area (Å²) >= 11 is 11.4. The number of alkyl halides is 3. The largest absolute Gasteiger partial charge is 0.416 e. The third-order valence-electron chi connectivity index (χ3n) is 4.81. The van der Waals surface area contributed by atoms with Crippen molar-refractivity contribution in [3.63, 3.8) is 0 Å². The number of fused-ring (bicyclic) bond motifs is 1. The zero-order valence-corrected chi connectivity index (χ0v) is 18.3. The lowest BCUT2D eigenvalue weighted by Gasteiger charge is -2.15. The molecule has 33 heavy (non-hydrogen) atoms. The lowest BCUT2D eigenvalue weighted by molar-refractivity contribution is -0.117. The molecule has 3 N–H and O–H groups in total. The SMILES string of the molecule is NC(=O)CNC(=O)c1ccc(C/C=C(/c2cc(Cl)c(F)c(Cl)c2)C(F)(F)F)c2ccccc12. The monoisotopic (exact) mass is 498 g/mol. The lowest BCUT2D eigenvalue weighted by Crippen LogP contribution is -2.33. The zero-order valence-electron chi connectivity index (χ0n) is 16.8. The van der Waals surface area contributed by atoms with E-state index in [0.717, 1.165) is 18.2 Å². The van der Waals surface area contributed by atoms with E-state index in [2.05, 4.69) is 5.32 Å². The number of nitrogens with two attached hydrogens (primary N) is 1. The smallest absolute Gasteiger partial charge is 0.368 e. The summed E-state index contributed by atoms with van der Waals surface area (Å²) in [5, 5.41) is 2.38. The number of carbonyl (C=O) groups excluding carboxylic acids is 2. The molecule has 3 aromatic carbocycles. The molecule has 0 heterocycles. The molecule has 3 rings (SSSR count). The average Bonchev–Trinajstić information content (AvgIpc) is 2.74. The van der Waals surface area contributed by atoms with Crippen LogP contribution >= 0.6 is 23.2 Å². The zero-order chi connectivity index (χ0) is 24.3. The number of allylic oxidation sites excluding steroid dienone is 2. The lowest BCUT2D eigenvalue weighted by atomic mass is 9.95. The Hall–Kier alpha value is -3.10. The van der Waals surface area contributed by atoms with Gasteiger partial charge in [-0.2, -0.15) is 13.2 Å². The number of nitrogens with one attached hydrogen (secondary N) is 1. The topological polar surface area (TPSA) is 72.2 Å². The Morgan fingerprint density at radius 3 is 2.18 bits per heavy atom. The molecule has 0 aliphatic carbocycles. The van der Waals surface area contributed by atoms with Crippen molar-refractivity contribution in [2.75, 3.05) is 6.54 Å². The Bertz CT molecular complexity index is 1250. The summed E-state index contributed by atoms with van der Waals surface area (Å²) in [5.41, 5.74) is 4.40. The molecule has 0 radical (unpaired) electrons. The first-order chi connectivity index (χ1) is 15.5. The van der Waals surface area contributed by atoms with E-state index in [-0.39, 0.29) is 24.1 Å². The van der Waals surface area contributed by atoms with Crippen molar-refractivity contribution < 1.29 is 27.2 Å². The van der Waals surface area contributed by atoms with Gasteiger partial charge in [0, 0.05) is 5.56 Å². The van der Waals surface area contributed by atoms with E-state index in [1.807, 2.05) is 0 Å². The van der Waals surface area contributed by atoms with Crippen LogP contribution in [0, 0.1) is 5.82 Å². The van der Waals surface area contributed by atoms with Gasteiger partial charge in [0.2, 0.25) is 5.91 Å². The highest BCUT2D eigenvalue weighted by atomic mass is 35.5. The number of primary amides is 1. The van der Waals surface area contributed by atoms with Gasteiger partial charge in [-0.15, -0.1) is 0 Å². The second kappa shape index (κ2) is 9.80. The number of rotatable bonds is 6. The fourth-order valence-corrected chi connectivity index (χ4v) is 3.81. The fraction of sp³-hybridized carbons (Fsp3) is 0.130. The first-order valence-electron chi connectivity index (χ1n) is 9.48. The predicted molar refractivity (Wildman–Crippen MR) is 120 cm³/mol. The van der Waals surface area contributed by atoms with Crippen LogP contribution in [0.3, 0.4) is 0 Å². The Morgan fingerprint density at radius 2 is 1.61 bits per heavy atom. The number of halogens is 6. The van der Waals surface area contributed by atoms with Crippen molar-refractivity contribution in [3.05, 3.63) is 87.2 Å². The highest BCUT2D eigenvalue weighted by Gasteiger charge is 2.35. The molecule has 0 aliphatic rings. The van der Waals surface area contributed by atoms with Crippen molar-refractivity contribution >= 4 is 51.4 Å². The molecular formula is C23H16Cl2F4N2O2. The molecule has 3 aromatic rings. The summed E-state index contributed by atoms with van der Waals surface area (Å²) in [6.45, 7) is -0.352. The van der Waals surface area contributed by atoms with Gasteiger partial charge in [-0.1, -0.05) is 59.6 Å². The Labute approximate surface area is 196 Å². The molecule has 4 nitrogen and oxygen atoms in total. The number of hydrogen-bond acceptors (Lipinski definition) is 2. The summed E-state index contributed by atoms with van der Waals surface area (Å²) in [4.78, 5) is 23.3. The maximum absolute atomic E-state index is 13.8. The summed E-state index contributed by atoms with van der Waals surface area (Å²) in [7, 11) is 0. The van der Waals surface area contributed by atoms with Gasteiger partial charge in [-0.3, -0.25) is 9.59 Å². The predicted octanol–water partition coefficient (Wildman–Crippen LogP) is 5.69. The molecule has 0 spiro atoms. The van der Waals surface area contributed by atoms with Crippen LogP contribution in [0.25, 0.3) is 16.3 Å². The molecular weight excluding hydrogens is 483 g/mol. The van der Waals surface area contributed by atoms with Crippen LogP contribution in [0.1, 0.15) is 21.5 Å². The van der Waals surface area contributed by atoms with Gasteiger partial charge in [0.1, 0.15) is 0 Å². The van der Waals surface area contributed by atoms with Crippen LogP contribution in [0.15, 0.2) is 54.6 Å². The minimum absolute atomic E-state index is 0.148. The molecule has 2 amide bonds. The molecule has 0 atom stereocenters. The van der Waals surface area contributed by atoms with Crippen molar-refractivity contribution in [2.45, 2.75) is 12.6 Å². The van der Waals surface area contributed by atoms with Gasteiger partial charge in [0.15, 0.2) is 5.82 Å². The maximum Gasteiger partial charge on any atom is 0.416 e. The van der Waals surface area contributed by atoms with E-state index in [0.29, 0.717) is 16.3 Å². The van der Waals surface area contributed by atoms with Crippen molar-refractivity contribution in [1.29, 1.82) is 0 Å². The van der Waals surface area contributed by atoms with Gasteiger partial charge >= 0.3 is 6.18 Å². The van der Waals surface area contributed by atoms with E-state index in [1.165, 1.54) is 12.1 Å². The second-order valence-corrected chi connectivity index (χ2v) is 7.85. The van der Waals surface area contributed by atoms with Gasteiger partial charge in [-0.25, -0.2) is 4.39 Å². The fourth-order valence-electron chi connectivity index (χ4n) is 3.32. The van der Waals surface area contributed by atoms with Gasteiger partial charge in [0.25, 0.3) is 5.91 Å². The molecule has 0 aliphatic heterocycles. The molecule has 0 aromatic heterocycles. The van der Waals surface area contributed by atoms with Crippen LogP contribution in [0.4, 0.5) is 17.6 Å². The van der Waals surface area contributed by atoms with Crippen molar-refractivity contribution in [2.24, 2.45) is 5.73 Å². The third-order valence-corrected chi connectivity index (χ3v) is 5.36. The summed E-state index contributed by atoms with van der Waals surface area (Å²) in [6.07, 6.45) is -3.95. The molecule has 0 fully saturated rings. The Morgan fingerprint density at radius 1 is 1.00 bits per heavy atom. The minimum atomic E-state index is -4.76. The molecule has 0 unspecified atom stereocenters. The van der Waals surface area contributed by atoms with Crippen molar-refractivity contribution in [3.8, 4) is 0 Å². The molecule has 0 bridgehead atoms. The maximum atomic E-state index is 13.8. The second-order valence-electron chi connectivity index (χ2n) is 7.04. The van der Waals surface area contributed by atoms with Crippen LogP contribution in [0.5, 0.6) is 0 Å². The minimum Gasteiger partial charge on any atom is -0.368 e. The molecule has 0 saturated heterocycles. The van der Waals surface area contributed by atoms with E-state index in [1.54, 1.807) is 24.3 Å². The van der Waals surface area contributed by atoms with Crippen molar-refractivity contribution in [1.82, 2.24) is 5.32 Å². The number of carbonyl (C=O) groups is 2. The highest BCUT2D eigenvalue weighted by molar-refractivity contribution is 6.35. The third kappa shape index (κ3) is 5.64. The quantitative estimate of drug-likeness (QED) is 0.338. The first-order valence-corrected chi connectivity index (χ1v) is 10.2. The number of amides is 2. The number of hydrogen-bond donors (Lipinski definition) is 2.